The molecule has 88 valence electrons. The maximum absolute atomic E-state index is 3.76. The molecule has 1 heterocycles. The summed E-state index contributed by atoms with van der Waals surface area (Å²) in [6.07, 6.45) is 8.58. The van der Waals surface area contributed by atoms with E-state index < -0.39 is 0 Å². The molecule has 1 aliphatic heterocycles. The fourth-order valence-electron chi connectivity index (χ4n) is 2.54. The number of hydrogen-bond acceptors (Lipinski definition) is 3. The Balaban J connectivity index is 1.62. The van der Waals surface area contributed by atoms with E-state index in [4.69, 9.17) is 0 Å². The molecular formula is C12H24N2S. The zero-order chi connectivity index (χ0) is 10.3. The molecular weight excluding hydrogens is 204 g/mol. The molecule has 15 heavy (non-hydrogen) atoms. The van der Waals surface area contributed by atoms with Crippen LogP contribution in [0, 0.1) is 0 Å². The first kappa shape index (κ1) is 11.7. The number of hydrogen-bond donors (Lipinski definition) is 2. The van der Waals surface area contributed by atoms with Gasteiger partial charge in [-0.05, 0) is 12.8 Å². The maximum Gasteiger partial charge on any atom is 0.0283 e. The predicted octanol–water partition coefficient (Wildman–Crippen LogP) is 2.00. The lowest BCUT2D eigenvalue weighted by Gasteiger charge is -2.26. The van der Waals surface area contributed by atoms with Gasteiger partial charge in [0.2, 0.25) is 0 Å². The molecule has 1 saturated carbocycles. The minimum absolute atomic E-state index is 0.715. The van der Waals surface area contributed by atoms with Crippen molar-refractivity contribution in [1.29, 1.82) is 0 Å². The van der Waals surface area contributed by atoms with Gasteiger partial charge in [0, 0.05) is 36.7 Å². The maximum atomic E-state index is 3.76. The topological polar surface area (TPSA) is 24.1 Å². The summed E-state index contributed by atoms with van der Waals surface area (Å²) >= 11 is 2.09. The number of rotatable bonds is 3. The van der Waals surface area contributed by atoms with Gasteiger partial charge in [-0.2, -0.15) is 11.8 Å². The summed E-state index contributed by atoms with van der Waals surface area (Å²) in [4.78, 5) is 0. The van der Waals surface area contributed by atoms with Crippen molar-refractivity contribution in [3.63, 3.8) is 0 Å². The number of thioether (sulfide) groups is 1. The summed E-state index contributed by atoms with van der Waals surface area (Å²) in [5.74, 6) is 2.58. The van der Waals surface area contributed by atoms with Gasteiger partial charge in [0.25, 0.3) is 0 Å². The van der Waals surface area contributed by atoms with E-state index in [1.807, 2.05) is 0 Å². The van der Waals surface area contributed by atoms with Crippen LogP contribution >= 0.6 is 11.8 Å². The van der Waals surface area contributed by atoms with Gasteiger partial charge in [0.05, 0.1) is 0 Å². The zero-order valence-electron chi connectivity index (χ0n) is 9.63. The summed E-state index contributed by atoms with van der Waals surface area (Å²) in [6.45, 7) is 2.37. The number of nitrogens with one attached hydrogen (secondary N) is 2. The van der Waals surface area contributed by atoms with Crippen molar-refractivity contribution >= 4 is 11.8 Å². The van der Waals surface area contributed by atoms with E-state index in [-0.39, 0.29) is 0 Å². The van der Waals surface area contributed by atoms with Crippen LogP contribution in [0.4, 0.5) is 0 Å². The van der Waals surface area contributed by atoms with Crippen molar-refractivity contribution in [3.8, 4) is 0 Å². The van der Waals surface area contributed by atoms with Gasteiger partial charge in [-0.25, -0.2) is 0 Å². The molecule has 2 nitrogen and oxygen atoms in total. The SMILES string of the molecule is C1CCCC(NCC2CSCCN2)CC1. The molecule has 0 aromatic heterocycles. The molecule has 0 aromatic carbocycles. The first-order valence-electron chi connectivity index (χ1n) is 6.49. The van der Waals surface area contributed by atoms with Gasteiger partial charge in [-0.1, -0.05) is 25.7 Å². The van der Waals surface area contributed by atoms with Crippen LogP contribution in [0.3, 0.4) is 0 Å². The van der Waals surface area contributed by atoms with Crippen molar-refractivity contribution in [2.24, 2.45) is 0 Å². The Morgan fingerprint density at radius 3 is 2.60 bits per heavy atom. The monoisotopic (exact) mass is 228 g/mol. The summed E-state index contributed by atoms with van der Waals surface area (Å²) in [5.41, 5.74) is 0. The molecule has 2 N–H and O–H groups in total. The van der Waals surface area contributed by atoms with Gasteiger partial charge in [-0.15, -0.1) is 0 Å². The van der Waals surface area contributed by atoms with Gasteiger partial charge >= 0.3 is 0 Å². The van der Waals surface area contributed by atoms with Crippen molar-refractivity contribution in [3.05, 3.63) is 0 Å². The molecule has 0 bridgehead atoms. The van der Waals surface area contributed by atoms with E-state index in [0.29, 0.717) is 6.04 Å². The molecule has 1 aliphatic carbocycles. The highest BCUT2D eigenvalue weighted by Crippen LogP contribution is 2.17. The van der Waals surface area contributed by atoms with Crippen LogP contribution in [0.15, 0.2) is 0 Å². The first-order valence-corrected chi connectivity index (χ1v) is 7.65. The minimum atomic E-state index is 0.715. The molecule has 1 atom stereocenters. The van der Waals surface area contributed by atoms with E-state index >= 15 is 0 Å². The predicted molar refractivity (Wildman–Crippen MR) is 68.6 cm³/mol. The molecule has 2 fully saturated rings. The smallest absolute Gasteiger partial charge is 0.0283 e. The Morgan fingerprint density at radius 2 is 1.93 bits per heavy atom. The molecule has 1 unspecified atom stereocenters. The minimum Gasteiger partial charge on any atom is -0.312 e. The summed E-state index contributed by atoms with van der Waals surface area (Å²) in [5, 5.41) is 7.35. The lowest BCUT2D eigenvalue weighted by atomic mass is 10.1. The Bertz CT molecular complexity index is 161. The summed E-state index contributed by atoms with van der Waals surface area (Å²) < 4.78 is 0. The quantitative estimate of drug-likeness (QED) is 0.723. The first-order chi connectivity index (χ1) is 7.45. The summed E-state index contributed by atoms with van der Waals surface area (Å²) in [6, 6.07) is 1.52. The second-order valence-corrected chi connectivity index (χ2v) is 5.97. The molecule has 1 saturated heterocycles. The fourth-order valence-corrected chi connectivity index (χ4v) is 3.49. The van der Waals surface area contributed by atoms with Crippen molar-refractivity contribution in [2.45, 2.75) is 50.6 Å². The Labute approximate surface area is 98.0 Å². The fraction of sp³-hybridized carbons (Fsp3) is 1.00. The lowest BCUT2D eigenvalue weighted by Crippen LogP contribution is -2.46. The van der Waals surface area contributed by atoms with Crippen LogP contribution < -0.4 is 10.6 Å². The highest BCUT2D eigenvalue weighted by Gasteiger charge is 2.16. The second kappa shape index (κ2) is 6.77. The molecule has 0 amide bonds. The van der Waals surface area contributed by atoms with Crippen LogP contribution in [0.5, 0.6) is 0 Å². The van der Waals surface area contributed by atoms with Crippen LogP contribution in [0.2, 0.25) is 0 Å². The van der Waals surface area contributed by atoms with Gasteiger partial charge < -0.3 is 10.6 Å². The van der Waals surface area contributed by atoms with Crippen LogP contribution in [-0.2, 0) is 0 Å². The van der Waals surface area contributed by atoms with E-state index in [0.717, 1.165) is 6.04 Å². The Kier molecular flexibility index (Phi) is 5.30. The third kappa shape index (κ3) is 4.33. The largest absolute Gasteiger partial charge is 0.312 e. The second-order valence-electron chi connectivity index (χ2n) is 4.82. The molecule has 2 aliphatic rings. The molecule has 3 heteroatoms. The van der Waals surface area contributed by atoms with Crippen LogP contribution in [0.1, 0.15) is 38.5 Å². The Morgan fingerprint density at radius 1 is 1.13 bits per heavy atom. The van der Waals surface area contributed by atoms with E-state index in [1.165, 1.54) is 63.1 Å². The standard InChI is InChI=1S/C12H24N2S/c1-2-4-6-11(5-3-1)14-9-12-10-15-8-7-13-12/h11-14H,1-10H2. The average Bonchev–Trinajstić information content (AvgIpc) is 2.56. The van der Waals surface area contributed by atoms with Crippen molar-refractivity contribution in [2.75, 3.05) is 24.6 Å². The van der Waals surface area contributed by atoms with Gasteiger partial charge in [0.1, 0.15) is 0 Å². The zero-order valence-corrected chi connectivity index (χ0v) is 10.5. The Hall–Kier alpha value is 0.270. The van der Waals surface area contributed by atoms with Crippen LogP contribution in [0.25, 0.3) is 0 Å². The highest BCUT2D eigenvalue weighted by atomic mass is 32.2. The molecule has 2 rings (SSSR count). The lowest BCUT2D eigenvalue weighted by molar-refractivity contribution is 0.421. The highest BCUT2D eigenvalue weighted by molar-refractivity contribution is 7.99. The van der Waals surface area contributed by atoms with E-state index in [1.54, 1.807) is 0 Å². The van der Waals surface area contributed by atoms with E-state index in [9.17, 15) is 0 Å². The normalized spacial score (nSPS) is 30.0. The third-order valence-corrected chi connectivity index (χ3v) is 4.64. The van der Waals surface area contributed by atoms with Crippen molar-refractivity contribution < 1.29 is 0 Å². The van der Waals surface area contributed by atoms with E-state index in [2.05, 4.69) is 22.4 Å². The van der Waals surface area contributed by atoms with Gasteiger partial charge in [-0.3, -0.25) is 0 Å². The van der Waals surface area contributed by atoms with Crippen molar-refractivity contribution in [1.82, 2.24) is 10.6 Å². The molecule has 0 spiro atoms. The third-order valence-electron chi connectivity index (χ3n) is 3.51. The van der Waals surface area contributed by atoms with Gasteiger partial charge in [0.15, 0.2) is 0 Å². The molecule has 0 aromatic rings. The molecule has 0 radical (unpaired) electrons. The summed E-state index contributed by atoms with van der Waals surface area (Å²) in [7, 11) is 0. The average molecular weight is 228 g/mol. The van der Waals surface area contributed by atoms with Crippen LogP contribution in [-0.4, -0.2) is 36.7 Å².